The lowest BCUT2D eigenvalue weighted by molar-refractivity contribution is 0.309. The molecule has 0 aliphatic heterocycles. The van der Waals surface area contributed by atoms with Gasteiger partial charge in [-0.05, 0) is 61.8 Å². The molecule has 1 fully saturated rings. The van der Waals surface area contributed by atoms with Gasteiger partial charge in [0, 0.05) is 17.8 Å². The lowest BCUT2D eigenvalue weighted by Crippen LogP contribution is -2.35. The third kappa shape index (κ3) is 3.01. The molecule has 0 radical (unpaired) electrons. The number of fused-ring (bicyclic) bond motifs is 1. The molecule has 0 saturated heterocycles. The molecular weight excluding hydrogens is 244 g/mol. The van der Waals surface area contributed by atoms with Crippen molar-refractivity contribution in [3.8, 4) is 0 Å². The monoisotopic (exact) mass is 272 g/mol. The van der Waals surface area contributed by atoms with E-state index >= 15 is 0 Å². The summed E-state index contributed by atoms with van der Waals surface area (Å²) in [5, 5.41) is 3.91. The maximum Gasteiger partial charge on any atom is 0.0328 e. The second-order valence-corrected chi connectivity index (χ2v) is 6.76. The topological polar surface area (TPSA) is 38.0 Å². The molecule has 2 nitrogen and oxygen atoms in total. The van der Waals surface area contributed by atoms with Crippen molar-refractivity contribution in [3.05, 3.63) is 29.3 Å². The molecule has 2 aliphatic rings. The van der Waals surface area contributed by atoms with Crippen LogP contribution in [0, 0.1) is 5.92 Å². The van der Waals surface area contributed by atoms with Crippen LogP contribution in [0.3, 0.4) is 0 Å². The highest BCUT2D eigenvalue weighted by atomic mass is 15.0. The zero-order chi connectivity index (χ0) is 13.9. The normalized spacial score (nSPS) is 25.1. The molecule has 1 aromatic rings. The molecule has 2 heteroatoms. The Hall–Kier alpha value is -1.02. The number of benzene rings is 1. The van der Waals surface area contributed by atoms with Crippen molar-refractivity contribution in [3.63, 3.8) is 0 Å². The molecule has 0 amide bonds. The highest BCUT2D eigenvalue weighted by Gasteiger charge is 2.26. The van der Waals surface area contributed by atoms with E-state index < -0.39 is 0 Å². The smallest absolute Gasteiger partial charge is 0.0328 e. The van der Waals surface area contributed by atoms with E-state index in [0.29, 0.717) is 12.1 Å². The molecule has 2 aliphatic carbocycles. The largest absolute Gasteiger partial charge is 0.399 e. The van der Waals surface area contributed by atoms with Crippen LogP contribution in [0.25, 0.3) is 0 Å². The summed E-state index contributed by atoms with van der Waals surface area (Å²) in [6.07, 6.45) is 11.0. The first kappa shape index (κ1) is 13.9. The second-order valence-electron chi connectivity index (χ2n) is 6.76. The van der Waals surface area contributed by atoms with Crippen molar-refractivity contribution in [2.24, 2.45) is 5.92 Å². The van der Waals surface area contributed by atoms with E-state index in [1.54, 1.807) is 0 Å². The van der Waals surface area contributed by atoms with Crippen molar-refractivity contribution < 1.29 is 0 Å². The molecule has 1 saturated carbocycles. The van der Waals surface area contributed by atoms with Crippen molar-refractivity contribution in [1.82, 2.24) is 5.32 Å². The van der Waals surface area contributed by atoms with Gasteiger partial charge in [0.15, 0.2) is 0 Å². The van der Waals surface area contributed by atoms with Gasteiger partial charge in [-0.3, -0.25) is 0 Å². The van der Waals surface area contributed by atoms with Gasteiger partial charge >= 0.3 is 0 Å². The summed E-state index contributed by atoms with van der Waals surface area (Å²) >= 11 is 0. The van der Waals surface area contributed by atoms with Gasteiger partial charge in [0.25, 0.3) is 0 Å². The van der Waals surface area contributed by atoms with E-state index in [9.17, 15) is 0 Å². The van der Waals surface area contributed by atoms with Crippen molar-refractivity contribution in [2.75, 3.05) is 5.73 Å². The molecule has 1 aromatic carbocycles. The van der Waals surface area contributed by atoms with Gasteiger partial charge in [0.2, 0.25) is 0 Å². The first-order chi connectivity index (χ1) is 9.74. The molecule has 2 atom stereocenters. The maximum absolute atomic E-state index is 5.89. The van der Waals surface area contributed by atoms with E-state index in [-0.39, 0.29) is 0 Å². The second kappa shape index (κ2) is 6.17. The summed E-state index contributed by atoms with van der Waals surface area (Å²) in [7, 11) is 0. The summed E-state index contributed by atoms with van der Waals surface area (Å²) in [4.78, 5) is 0. The van der Waals surface area contributed by atoms with Crippen molar-refractivity contribution in [1.29, 1.82) is 0 Å². The van der Waals surface area contributed by atoms with Crippen LogP contribution in [0.2, 0.25) is 0 Å². The predicted octanol–water partition coefficient (Wildman–Crippen LogP) is 4.20. The Morgan fingerprint density at radius 3 is 2.60 bits per heavy atom. The van der Waals surface area contributed by atoms with Gasteiger partial charge in [-0.1, -0.05) is 31.7 Å². The Morgan fingerprint density at radius 1 is 1.10 bits per heavy atom. The maximum atomic E-state index is 5.89. The fraction of sp³-hybridized carbons (Fsp3) is 0.667. The van der Waals surface area contributed by atoms with Crippen LogP contribution in [-0.2, 0) is 6.42 Å². The summed E-state index contributed by atoms with van der Waals surface area (Å²) in [5.74, 6) is 0.871. The lowest BCUT2D eigenvalue weighted by atomic mass is 9.92. The third-order valence-electron chi connectivity index (χ3n) is 5.32. The Labute approximate surface area is 123 Å². The molecule has 0 bridgehead atoms. The minimum atomic E-state index is 0.545. The number of anilines is 1. The molecule has 0 aromatic heterocycles. The average Bonchev–Trinajstić information content (AvgIpc) is 2.66. The average molecular weight is 272 g/mol. The molecule has 1 unspecified atom stereocenters. The van der Waals surface area contributed by atoms with E-state index in [1.807, 2.05) is 0 Å². The van der Waals surface area contributed by atoms with Crippen LogP contribution in [0.1, 0.15) is 69.0 Å². The van der Waals surface area contributed by atoms with Gasteiger partial charge in [-0.2, -0.15) is 0 Å². The first-order valence-corrected chi connectivity index (χ1v) is 8.38. The zero-order valence-electron chi connectivity index (χ0n) is 12.7. The summed E-state index contributed by atoms with van der Waals surface area (Å²) in [6, 6.07) is 7.63. The molecule has 0 heterocycles. The first-order valence-electron chi connectivity index (χ1n) is 8.38. The molecule has 0 spiro atoms. The van der Waals surface area contributed by atoms with E-state index in [2.05, 4.69) is 30.4 Å². The zero-order valence-corrected chi connectivity index (χ0v) is 12.7. The Bertz CT molecular complexity index is 447. The van der Waals surface area contributed by atoms with E-state index in [1.165, 1.54) is 62.5 Å². The molecule has 3 rings (SSSR count). The van der Waals surface area contributed by atoms with Crippen LogP contribution in [0.5, 0.6) is 0 Å². The fourth-order valence-electron chi connectivity index (χ4n) is 4.07. The summed E-state index contributed by atoms with van der Waals surface area (Å²) < 4.78 is 0. The molecule has 3 N–H and O–H groups in total. The quantitative estimate of drug-likeness (QED) is 0.639. The van der Waals surface area contributed by atoms with Gasteiger partial charge in [0.05, 0.1) is 0 Å². The van der Waals surface area contributed by atoms with Gasteiger partial charge in [-0.15, -0.1) is 0 Å². The Balaban J connectivity index is 1.64. The fourth-order valence-corrected chi connectivity index (χ4v) is 4.07. The number of hydrogen-bond donors (Lipinski definition) is 2. The minimum absolute atomic E-state index is 0.545. The highest BCUT2D eigenvalue weighted by molar-refractivity contribution is 5.47. The van der Waals surface area contributed by atoms with Gasteiger partial charge < -0.3 is 11.1 Å². The number of hydrogen-bond acceptors (Lipinski definition) is 2. The third-order valence-corrected chi connectivity index (χ3v) is 5.32. The Morgan fingerprint density at radius 2 is 1.85 bits per heavy atom. The van der Waals surface area contributed by atoms with Gasteiger partial charge in [-0.25, -0.2) is 0 Å². The number of aryl methyl sites for hydroxylation is 1. The highest BCUT2D eigenvalue weighted by Crippen LogP contribution is 2.34. The Kier molecular flexibility index (Phi) is 4.30. The van der Waals surface area contributed by atoms with Crippen LogP contribution in [0.15, 0.2) is 18.2 Å². The predicted molar refractivity (Wildman–Crippen MR) is 85.7 cm³/mol. The summed E-state index contributed by atoms with van der Waals surface area (Å²) in [5.41, 5.74) is 9.74. The number of nitrogens with one attached hydrogen (secondary N) is 1. The molecular formula is C18H28N2. The van der Waals surface area contributed by atoms with Crippen molar-refractivity contribution >= 4 is 5.69 Å². The SMILES string of the molecule is C[C@H](NC1CCc2cc(N)ccc21)C1CCCCCC1. The number of rotatable bonds is 3. The molecule has 20 heavy (non-hydrogen) atoms. The van der Waals surface area contributed by atoms with Crippen LogP contribution < -0.4 is 11.1 Å². The van der Waals surface area contributed by atoms with Crippen LogP contribution in [0.4, 0.5) is 5.69 Å². The number of nitrogens with two attached hydrogens (primary N) is 1. The van der Waals surface area contributed by atoms with Crippen molar-refractivity contribution in [2.45, 2.75) is 70.4 Å². The lowest BCUT2D eigenvalue weighted by Gasteiger charge is -2.27. The number of nitrogen functional groups attached to an aromatic ring is 1. The van der Waals surface area contributed by atoms with E-state index in [4.69, 9.17) is 5.73 Å². The van der Waals surface area contributed by atoms with E-state index in [0.717, 1.165) is 11.6 Å². The summed E-state index contributed by atoms with van der Waals surface area (Å²) in [6.45, 7) is 2.39. The van der Waals surface area contributed by atoms with Gasteiger partial charge in [0.1, 0.15) is 0 Å². The molecule has 110 valence electrons. The van der Waals surface area contributed by atoms with Crippen LogP contribution >= 0.6 is 0 Å². The minimum Gasteiger partial charge on any atom is -0.399 e. The standard InChI is InChI=1S/C18H28N2/c1-13(14-6-4-2-3-5-7-14)20-18-11-8-15-12-16(19)9-10-17(15)18/h9-10,12-14,18,20H,2-8,11,19H2,1H3/t13-,18?/m0/s1. The van der Waals surface area contributed by atoms with Crippen LogP contribution in [-0.4, -0.2) is 6.04 Å².